The SMILES string of the molecule is CC(C)(CCl)C(=O)C1OC(N)N(c2cccc(OC(F)(F)F)c2)C1=O. The third-order valence-corrected chi connectivity index (χ3v) is 4.23. The van der Waals surface area contributed by atoms with Crippen LogP contribution >= 0.6 is 11.6 Å². The number of hydrogen-bond acceptors (Lipinski definition) is 5. The van der Waals surface area contributed by atoms with Gasteiger partial charge in [-0.25, -0.2) is 0 Å². The maximum Gasteiger partial charge on any atom is 0.573 e. The molecule has 0 aliphatic carbocycles. The molecular formula is C15H16ClF3N2O4. The van der Waals surface area contributed by atoms with E-state index in [1.807, 2.05) is 0 Å². The molecule has 1 amide bonds. The van der Waals surface area contributed by atoms with Gasteiger partial charge in [0.25, 0.3) is 5.91 Å². The molecule has 2 N–H and O–H groups in total. The molecule has 1 aromatic rings. The summed E-state index contributed by atoms with van der Waals surface area (Å²) in [5.41, 5.74) is 4.71. The molecular weight excluding hydrogens is 365 g/mol. The monoisotopic (exact) mass is 380 g/mol. The first-order valence-electron chi connectivity index (χ1n) is 7.16. The lowest BCUT2D eigenvalue weighted by Crippen LogP contribution is -2.43. The number of halogens is 4. The minimum atomic E-state index is -4.88. The summed E-state index contributed by atoms with van der Waals surface area (Å²) in [7, 11) is 0. The third-order valence-electron chi connectivity index (χ3n) is 3.56. The van der Waals surface area contributed by atoms with Crippen molar-refractivity contribution in [2.45, 2.75) is 32.7 Å². The van der Waals surface area contributed by atoms with E-state index in [2.05, 4.69) is 4.74 Å². The molecule has 10 heteroatoms. The van der Waals surface area contributed by atoms with Crippen LogP contribution in [0.1, 0.15) is 13.8 Å². The summed E-state index contributed by atoms with van der Waals surface area (Å²) in [6, 6.07) is 4.66. The number of Topliss-reactive ketones (excluding diaryl/α,β-unsaturated/α-hetero) is 1. The van der Waals surface area contributed by atoms with Gasteiger partial charge in [0.1, 0.15) is 5.75 Å². The zero-order valence-corrected chi connectivity index (χ0v) is 14.1. The van der Waals surface area contributed by atoms with E-state index in [-0.39, 0.29) is 11.6 Å². The third kappa shape index (κ3) is 4.23. The molecule has 25 heavy (non-hydrogen) atoms. The second kappa shape index (κ2) is 6.81. The van der Waals surface area contributed by atoms with Crippen LogP contribution in [-0.2, 0) is 14.3 Å². The molecule has 2 rings (SSSR count). The van der Waals surface area contributed by atoms with Crippen LogP contribution < -0.4 is 15.4 Å². The Morgan fingerprint density at radius 2 is 2.04 bits per heavy atom. The van der Waals surface area contributed by atoms with Gasteiger partial charge in [-0.1, -0.05) is 19.9 Å². The maximum absolute atomic E-state index is 12.5. The molecule has 0 aromatic heterocycles. The van der Waals surface area contributed by atoms with Gasteiger partial charge in [-0.2, -0.15) is 0 Å². The molecule has 0 bridgehead atoms. The number of nitrogens with zero attached hydrogens (tertiary/aromatic N) is 1. The summed E-state index contributed by atoms with van der Waals surface area (Å²) in [6.45, 7) is 3.09. The minimum Gasteiger partial charge on any atom is -0.406 e. The van der Waals surface area contributed by atoms with E-state index >= 15 is 0 Å². The van der Waals surface area contributed by atoms with E-state index in [0.717, 1.165) is 17.0 Å². The van der Waals surface area contributed by atoms with Crippen molar-refractivity contribution in [1.82, 2.24) is 0 Å². The van der Waals surface area contributed by atoms with Gasteiger partial charge >= 0.3 is 6.36 Å². The molecule has 0 saturated carbocycles. The number of anilines is 1. The van der Waals surface area contributed by atoms with Crippen molar-refractivity contribution >= 4 is 29.0 Å². The van der Waals surface area contributed by atoms with Crippen LogP contribution in [0.4, 0.5) is 18.9 Å². The number of hydrogen-bond donors (Lipinski definition) is 1. The molecule has 1 saturated heterocycles. The second-order valence-corrected chi connectivity index (χ2v) is 6.31. The number of nitrogens with two attached hydrogens (primary N) is 1. The summed E-state index contributed by atoms with van der Waals surface area (Å²) in [6.07, 6.45) is -7.68. The van der Waals surface area contributed by atoms with E-state index in [1.165, 1.54) is 12.1 Å². The predicted molar refractivity (Wildman–Crippen MR) is 83.0 cm³/mol. The number of alkyl halides is 4. The topological polar surface area (TPSA) is 81.9 Å². The minimum absolute atomic E-state index is 0.0122. The number of amides is 1. The zero-order chi connectivity index (χ0) is 19.0. The Morgan fingerprint density at radius 1 is 1.40 bits per heavy atom. The molecule has 1 aliphatic rings. The van der Waals surface area contributed by atoms with Crippen molar-refractivity contribution in [3.63, 3.8) is 0 Å². The number of rotatable bonds is 5. The van der Waals surface area contributed by atoms with Crippen LogP contribution in [-0.4, -0.2) is 36.4 Å². The zero-order valence-electron chi connectivity index (χ0n) is 13.3. The number of ether oxygens (including phenoxy) is 2. The van der Waals surface area contributed by atoms with Gasteiger partial charge in [-0.15, -0.1) is 24.8 Å². The fourth-order valence-electron chi connectivity index (χ4n) is 2.21. The lowest BCUT2D eigenvalue weighted by Gasteiger charge is -2.22. The van der Waals surface area contributed by atoms with Crippen molar-refractivity contribution in [3.8, 4) is 5.75 Å². The smallest absolute Gasteiger partial charge is 0.406 e. The fraction of sp³-hybridized carbons (Fsp3) is 0.467. The van der Waals surface area contributed by atoms with E-state index < -0.39 is 41.7 Å². The average Bonchev–Trinajstić information content (AvgIpc) is 2.79. The highest BCUT2D eigenvalue weighted by atomic mass is 35.5. The van der Waals surface area contributed by atoms with Crippen LogP contribution in [0.15, 0.2) is 24.3 Å². The predicted octanol–water partition coefficient (Wildman–Crippen LogP) is 2.39. The summed E-state index contributed by atoms with van der Waals surface area (Å²) < 4.78 is 46.0. The quantitative estimate of drug-likeness (QED) is 0.626. The highest BCUT2D eigenvalue weighted by Gasteiger charge is 2.48. The lowest BCUT2D eigenvalue weighted by molar-refractivity contribution is -0.274. The molecule has 1 heterocycles. The van der Waals surface area contributed by atoms with Crippen LogP contribution in [0.5, 0.6) is 5.75 Å². The summed E-state index contributed by atoms with van der Waals surface area (Å²) >= 11 is 5.73. The van der Waals surface area contributed by atoms with Crippen molar-refractivity contribution in [2.24, 2.45) is 11.1 Å². The fourth-order valence-corrected chi connectivity index (χ4v) is 2.34. The Hall–Kier alpha value is -1.84. The first-order chi connectivity index (χ1) is 11.5. The van der Waals surface area contributed by atoms with Gasteiger partial charge in [-0.05, 0) is 12.1 Å². The Bertz CT molecular complexity index is 681. The number of carbonyl (C=O) groups excluding carboxylic acids is 2. The van der Waals surface area contributed by atoms with Gasteiger partial charge in [-0.3, -0.25) is 20.2 Å². The number of benzene rings is 1. The first-order valence-corrected chi connectivity index (χ1v) is 7.70. The molecule has 1 aliphatic heterocycles. The van der Waals surface area contributed by atoms with E-state index in [0.29, 0.717) is 0 Å². The average molecular weight is 381 g/mol. The van der Waals surface area contributed by atoms with Gasteiger partial charge in [0, 0.05) is 17.4 Å². The van der Waals surface area contributed by atoms with Gasteiger partial charge in [0.15, 0.2) is 18.2 Å². The summed E-state index contributed by atoms with van der Waals surface area (Å²) in [4.78, 5) is 25.8. The van der Waals surface area contributed by atoms with Crippen molar-refractivity contribution < 1.29 is 32.2 Å². The van der Waals surface area contributed by atoms with Gasteiger partial charge in [0.05, 0.1) is 5.69 Å². The molecule has 6 nitrogen and oxygen atoms in total. The van der Waals surface area contributed by atoms with Crippen molar-refractivity contribution in [1.29, 1.82) is 0 Å². The normalized spacial score (nSPS) is 21.6. The summed E-state index contributed by atoms with van der Waals surface area (Å²) in [5.74, 6) is -1.91. The Morgan fingerprint density at radius 3 is 2.60 bits per heavy atom. The van der Waals surface area contributed by atoms with E-state index in [1.54, 1.807) is 13.8 Å². The highest BCUT2D eigenvalue weighted by molar-refractivity contribution is 6.22. The van der Waals surface area contributed by atoms with E-state index in [9.17, 15) is 22.8 Å². The first kappa shape index (κ1) is 19.5. The molecule has 138 valence electrons. The standard InChI is InChI=1S/C15H16ClF3N2O4/c1-14(2,7-16)11(22)10-12(23)21(13(20)24-10)8-4-3-5-9(6-8)25-15(17,18)19/h3-6,10,13H,7,20H2,1-2H3. The number of ketones is 1. The van der Waals surface area contributed by atoms with Crippen LogP contribution in [0, 0.1) is 5.41 Å². The molecule has 2 unspecified atom stereocenters. The molecule has 0 spiro atoms. The van der Waals surface area contributed by atoms with Crippen molar-refractivity contribution in [2.75, 3.05) is 10.8 Å². The van der Waals surface area contributed by atoms with E-state index in [4.69, 9.17) is 22.1 Å². The molecule has 0 radical (unpaired) electrons. The van der Waals surface area contributed by atoms with Crippen LogP contribution in [0.3, 0.4) is 0 Å². The Kier molecular flexibility index (Phi) is 5.31. The molecule has 2 atom stereocenters. The number of carbonyl (C=O) groups is 2. The lowest BCUT2D eigenvalue weighted by atomic mass is 9.87. The molecule has 1 aromatic carbocycles. The van der Waals surface area contributed by atoms with Gasteiger partial charge < -0.3 is 9.47 Å². The van der Waals surface area contributed by atoms with Crippen LogP contribution in [0.2, 0.25) is 0 Å². The second-order valence-electron chi connectivity index (χ2n) is 6.04. The summed E-state index contributed by atoms with van der Waals surface area (Å²) in [5, 5.41) is 0. The van der Waals surface area contributed by atoms with Crippen LogP contribution in [0.25, 0.3) is 0 Å². The van der Waals surface area contributed by atoms with Crippen molar-refractivity contribution in [3.05, 3.63) is 24.3 Å². The van der Waals surface area contributed by atoms with Gasteiger partial charge in [0.2, 0.25) is 0 Å². The Labute approximate surface area is 146 Å². The highest BCUT2D eigenvalue weighted by Crippen LogP contribution is 2.32. The molecule has 1 fully saturated rings. The Balaban J connectivity index is 2.27. The largest absolute Gasteiger partial charge is 0.573 e. The maximum atomic E-state index is 12.5.